The first-order chi connectivity index (χ1) is 8.22. The highest BCUT2D eigenvalue weighted by molar-refractivity contribution is 5.66. The van der Waals surface area contributed by atoms with Gasteiger partial charge in [-0.1, -0.05) is 32.6 Å². The van der Waals surface area contributed by atoms with Gasteiger partial charge < -0.3 is 9.52 Å². The van der Waals surface area contributed by atoms with Gasteiger partial charge in [0.2, 0.25) is 11.8 Å². The molecule has 17 heavy (non-hydrogen) atoms. The SMILES string of the molecule is CCCCCCCc1nnc(CCC(=O)O)o1. The molecule has 0 aromatic carbocycles. The van der Waals surface area contributed by atoms with Gasteiger partial charge in [0, 0.05) is 12.8 Å². The third-order valence-electron chi connectivity index (χ3n) is 2.56. The Kier molecular flexibility index (Phi) is 6.29. The average Bonchev–Trinajstić information content (AvgIpc) is 2.74. The summed E-state index contributed by atoms with van der Waals surface area (Å²) in [5, 5.41) is 16.2. The van der Waals surface area contributed by atoms with Gasteiger partial charge >= 0.3 is 5.97 Å². The highest BCUT2D eigenvalue weighted by atomic mass is 16.4. The molecular formula is C12H20N2O3. The number of rotatable bonds is 9. The summed E-state index contributed by atoms with van der Waals surface area (Å²) in [7, 11) is 0. The Morgan fingerprint density at radius 1 is 1.12 bits per heavy atom. The number of hydrogen-bond acceptors (Lipinski definition) is 4. The van der Waals surface area contributed by atoms with E-state index in [1.165, 1.54) is 25.7 Å². The summed E-state index contributed by atoms with van der Waals surface area (Å²) >= 11 is 0. The molecule has 0 atom stereocenters. The van der Waals surface area contributed by atoms with Gasteiger partial charge in [0.1, 0.15) is 0 Å². The number of nitrogens with zero attached hydrogens (tertiary/aromatic N) is 2. The zero-order chi connectivity index (χ0) is 12.5. The first-order valence-electron chi connectivity index (χ1n) is 6.25. The second-order valence-electron chi connectivity index (χ2n) is 4.15. The van der Waals surface area contributed by atoms with Crippen molar-refractivity contribution in [2.45, 2.75) is 58.3 Å². The minimum absolute atomic E-state index is 0.0398. The van der Waals surface area contributed by atoms with Crippen LogP contribution >= 0.6 is 0 Å². The van der Waals surface area contributed by atoms with Crippen LogP contribution in [0.3, 0.4) is 0 Å². The van der Waals surface area contributed by atoms with Crippen molar-refractivity contribution in [3.05, 3.63) is 11.8 Å². The van der Waals surface area contributed by atoms with Crippen molar-refractivity contribution >= 4 is 5.97 Å². The molecule has 5 nitrogen and oxygen atoms in total. The van der Waals surface area contributed by atoms with E-state index in [4.69, 9.17) is 9.52 Å². The first-order valence-corrected chi connectivity index (χ1v) is 6.25. The van der Waals surface area contributed by atoms with Gasteiger partial charge in [0.05, 0.1) is 6.42 Å². The smallest absolute Gasteiger partial charge is 0.303 e. The summed E-state index contributed by atoms with van der Waals surface area (Å²) < 4.78 is 5.36. The molecule has 0 aliphatic rings. The molecule has 1 N–H and O–H groups in total. The molecule has 0 spiro atoms. The van der Waals surface area contributed by atoms with Crippen LogP contribution in [-0.4, -0.2) is 21.3 Å². The van der Waals surface area contributed by atoms with E-state index in [0.29, 0.717) is 18.2 Å². The van der Waals surface area contributed by atoms with Crippen molar-refractivity contribution in [3.63, 3.8) is 0 Å². The van der Waals surface area contributed by atoms with Gasteiger partial charge in [0.25, 0.3) is 0 Å². The van der Waals surface area contributed by atoms with Crippen molar-refractivity contribution in [2.75, 3.05) is 0 Å². The molecule has 1 aromatic heterocycles. The van der Waals surface area contributed by atoms with Gasteiger partial charge in [-0.15, -0.1) is 10.2 Å². The Morgan fingerprint density at radius 2 is 1.76 bits per heavy atom. The van der Waals surface area contributed by atoms with Crippen LogP contribution in [-0.2, 0) is 17.6 Å². The van der Waals surface area contributed by atoms with Crippen LogP contribution in [0.2, 0.25) is 0 Å². The summed E-state index contributed by atoms with van der Waals surface area (Å²) in [6.45, 7) is 2.19. The largest absolute Gasteiger partial charge is 0.481 e. The van der Waals surface area contributed by atoms with E-state index in [0.717, 1.165) is 12.8 Å². The third-order valence-corrected chi connectivity index (χ3v) is 2.56. The number of hydrogen-bond donors (Lipinski definition) is 1. The normalized spacial score (nSPS) is 10.6. The molecule has 0 saturated heterocycles. The maximum atomic E-state index is 10.4. The Hall–Kier alpha value is -1.39. The maximum absolute atomic E-state index is 10.4. The Balaban J connectivity index is 2.19. The van der Waals surface area contributed by atoms with Crippen LogP contribution in [0.5, 0.6) is 0 Å². The van der Waals surface area contributed by atoms with Crippen LogP contribution in [0.1, 0.15) is 57.2 Å². The standard InChI is InChI=1S/C12H20N2O3/c1-2-3-4-5-6-7-10-13-14-11(17-10)8-9-12(15)16/h2-9H2,1H3,(H,15,16). The maximum Gasteiger partial charge on any atom is 0.303 e. The summed E-state index contributed by atoms with van der Waals surface area (Å²) in [6, 6.07) is 0. The van der Waals surface area contributed by atoms with E-state index in [9.17, 15) is 4.79 Å². The molecule has 0 amide bonds. The molecule has 0 saturated carbocycles. The number of aliphatic carboxylic acids is 1. The highest BCUT2D eigenvalue weighted by Gasteiger charge is 2.07. The van der Waals surface area contributed by atoms with Crippen molar-refractivity contribution in [2.24, 2.45) is 0 Å². The molecule has 0 aliphatic carbocycles. The van der Waals surface area contributed by atoms with Gasteiger partial charge in [0.15, 0.2) is 0 Å². The zero-order valence-corrected chi connectivity index (χ0v) is 10.3. The Labute approximate surface area is 101 Å². The summed E-state index contributed by atoms with van der Waals surface area (Å²) in [6.07, 6.45) is 7.14. The van der Waals surface area contributed by atoms with E-state index >= 15 is 0 Å². The fraction of sp³-hybridized carbons (Fsp3) is 0.750. The van der Waals surface area contributed by atoms with Crippen LogP contribution < -0.4 is 0 Å². The number of aromatic nitrogens is 2. The summed E-state index contributed by atoms with van der Waals surface area (Å²) in [5.41, 5.74) is 0. The van der Waals surface area contributed by atoms with E-state index in [2.05, 4.69) is 17.1 Å². The highest BCUT2D eigenvalue weighted by Crippen LogP contribution is 2.09. The number of unbranched alkanes of at least 4 members (excludes halogenated alkanes) is 4. The molecule has 0 bridgehead atoms. The second kappa shape index (κ2) is 7.81. The van der Waals surface area contributed by atoms with Crippen LogP contribution in [0, 0.1) is 0 Å². The molecular weight excluding hydrogens is 220 g/mol. The number of carboxylic acids is 1. The molecule has 0 radical (unpaired) electrons. The minimum Gasteiger partial charge on any atom is -0.481 e. The van der Waals surface area contributed by atoms with Crippen LogP contribution in [0.25, 0.3) is 0 Å². The molecule has 1 rings (SSSR count). The fourth-order valence-corrected chi connectivity index (χ4v) is 1.58. The van der Waals surface area contributed by atoms with Crippen molar-refractivity contribution in [1.29, 1.82) is 0 Å². The lowest BCUT2D eigenvalue weighted by Gasteiger charge is -1.96. The second-order valence-corrected chi connectivity index (χ2v) is 4.15. The lowest BCUT2D eigenvalue weighted by Crippen LogP contribution is -1.97. The molecule has 5 heteroatoms. The van der Waals surface area contributed by atoms with E-state index in [-0.39, 0.29) is 6.42 Å². The third kappa shape index (κ3) is 6.04. The van der Waals surface area contributed by atoms with Gasteiger partial charge in [-0.3, -0.25) is 4.79 Å². The monoisotopic (exact) mass is 240 g/mol. The van der Waals surface area contributed by atoms with E-state index in [1.54, 1.807) is 0 Å². The van der Waals surface area contributed by atoms with Crippen molar-refractivity contribution in [1.82, 2.24) is 10.2 Å². The predicted octanol–water partition coefficient (Wildman–Crippen LogP) is 2.60. The lowest BCUT2D eigenvalue weighted by molar-refractivity contribution is -0.137. The first kappa shape index (κ1) is 13.7. The van der Waals surface area contributed by atoms with Crippen molar-refractivity contribution in [3.8, 4) is 0 Å². The lowest BCUT2D eigenvalue weighted by atomic mass is 10.1. The van der Waals surface area contributed by atoms with Gasteiger partial charge in [-0.25, -0.2) is 0 Å². The molecule has 0 fully saturated rings. The number of aryl methyl sites for hydroxylation is 2. The number of carbonyl (C=O) groups is 1. The van der Waals surface area contributed by atoms with E-state index < -0.39 is 5.97 Å². The topological polar surface area (TPSA) is 76.2 Å². The van der Waals surface area contributed by atoms with Crippen LogP contribution in [0.15, 0.2) is 4.42 Å². The van der Waals surface area contributed by atoms with Gasteiger partial charge in [-0.05, 0) is 6.42 Å². The summed E-state index contributed by atoms with van der Waals surface area (Å²) in [5.74, 6) is 0.210. The number of carboxylic acid groups (broad SMARTS) is 1. The van der Waals surface area contributed by atoms with Crippen molar-refractivity contribution < 1.29 is 14.3 Å². The fourth-order valence-electron chi connectivity index (χ4n) is 1.58. The predicted molar refractivity (Wildman–Crippen MR) is 62.7 cm³/mol. The summed E-state index contributed by atoms with van der Waals surface area (Å²) in [4.78, 5) is 10.4. The zero-order valence-electron chi connectivity index (χ0n) is 10.3. The Morgan fingerprint density at radius 3 is 2.41 bits per heavy atom. The van der Waals surface area contributed by atoms with Gasteiger partial charge in [-0.2, -0.15) is 0 Å². The molecule has 96 valence electrons. The van der Waals surface area contributed by atoms with E-state index in [1.807, 2.05) is 0 Å². The average molecular weight is 240 g/mol. The molecule has 1 heterocycles. The quantitative estimate of drug-likeness (QED) is 0.671. The molecule has 0 unspecified atom stereocenters. The Bertz CT molecular complexity index is 336. The van der Waals surface area contributed by atoms with Crippen LogP contribution in [0.4, 0.5) is 0 Å². The molecule has 0 aliphatic heterocycles. The minimum atomic E-state index is -0.843. The molecule has 1 aromatic rings.